The SMILES string of the molecule is CCC(CCO)Nc1ccc(C(N)=O)cc1N. The third-order valence-electron chi connectivity index (χ3n) is 2.67. The van der Waals surface area contributed by atoms with Crippen LogP contribution in [0.15, 0.2) is 18.2 Å². The Morgan fingerprint density at radius 3 is 2.71 bits per heavy atom. The van der Waals surface area contributed by atoms with E-state index in [9.17, 15) is 4.79 Å². The van der Waals surface area contributed by atoms with Crippen LogP contribution in [0.25, 0.3) is 0 Å². The number of hydrogen-bond acceptors (Lipinski definition) is 4. The first-order valence-electron chi connectivity index (χ1n) is 5.65. The lowest BCUT2D eigenvalue weighted by Crippen LogP contribution is -2.21. The van der Waals surface area contributed by atoms with Gasteiger partial charge in [-0.1, -0.05) is 6.92 Å². The van der Waals surface area contributed by atoms with Gasteiger partial charge in [0.25, 0.3) is 0 Å². The Bertz CT molecular complexity index is 393. The van der Waals surface area contributed by atoms with Gasteiger partial charge in [0.2, 0.25) is 5.91 Å². The maximum Gasteiger partial charge on any atom is 0.248 e. The minimum absolute atomic E-state index is 0.130. The van der Waals surface area contributed by atoms with E-state index in [0.29, 0.717) is 17.7 Å². The molecular weight excluding hydrogens is 218 g/mol. The zero-order chi connectivity index (χ0) is 12.8. The summed E-state index contributed by atoms with van der Waals surface area (Å²) in [5.74, 6) is -0.495. The molecule has 94 valence electrons. The quantitative estimate of drug-likeness (QED) is 0.553. The van der Waals surface area contributed by atoms with Gasteiger partial charge in [0, 0.05) is 18.2 Å². The van der Waals surface area contributed by atoms with Gasteiger partial charge in [0.05, 0.1) is 11.4 Å². The van der Waals surface area contributed by atoms with E-state index < -0.39 is 5.91 Å². The zero-order valence-corrected chi connectivity index (χ0v) is 9.94. The summed E-state index contributed by atoms with van der Waals surface area (Å²) >= 11 is 0. The molecule has 0 aliphatic heterocycles. The molecule has 6 N–H and O–H groups in total. The summed E-state index contributed by atoms with van der Waals surface area (Å²) in [5, 5.41) is 12.1. The van der Waals surface area contributed by atoms with Crippen LogP contribution in [-0.2, 0) is 0 Å². The number of aliphatic hydroxyl groups is 1. The second kappa shape index (κ2) is 6.10. The summed E-state index contributed by atoms with van der Waals surface area (Å²) < 4.78 is 0. The number of aliphatic hydroxyl groups excluding tert-OH is 1. The van der Waals surface area contributed by atoms with Gasteiger partial charge in [-0.25, -0.2) is 0 Å². The molecule has 0 saturated carbocycles. The normalized spacial score (nSPS) is 12.1. The van der Waals surface area contributed by atoms with Crippen molar-refractivity contribution < 1.29 is 9.90 Å². The fraction of sp³-hybridized carbons (Fsp3) is 0.417. The minimum atomic E-state index is -0.495. The number of hydrogen-bond donors (Lipinski definition) is 4. The van der Waals surface area contributed by atoms with E-state index in [1.165, 1.54) is 0 Å². The average molecular weight is 237 g/mol. The van der Waals surface area contributed by atoms with Crippen LogP contribution < -0.4 is 16.8 Å². The molecule has 0 spiro atoms. The van der Waals surface area contributed by atoms with Crippen molar-refractivity contribution in [3.8, 4) is 0 Å². The van der Waals surface area contributed by atoms with Gasteiger partial charge in [-0.15, -0.1) is 0 Å². The summed E-state index contributed by atoms with van der Waals surface area (Å²) in [6.07, 6.45) is 1.55. The first-order valence-corrected chi connectivity index (χ1v) is 5.65. The Morgan fingerprint density at radius 1 is 1.53 bits per heavy atom. The predicted molar refractivity (Wildman–Crippen MR) is 68.8 cm³/mol. The smallest absolute Gasteiger partial charge is 0.248 e. The molecule has 17 heavy (non-hydrogen) atoms. The summed E-state index contributed by atoms with van der Waals surface area (Å²) in [4.78, 5) is 11.0. The van der Waals surface area contributed by atoms with E-state index in [1.54, 1.807) is 18.2 Å². The lowest BCUT2D eigenvalue weighted by molar-refractivity contribution is 0.100. The van der Waals surface area contributed by atoms with Crippen LogP contribution in [0.5, 0.6) is 0 Å². The molecule has 0 aliphatic rings. The molecule has 1 unspecified atom stereocenters. The number of nitrogens with one attached hydrogen (secondary N) is 1. The molecule has 0 heterocycles. The van der Waals surface area contributed by atoms with Crippen LogP contribution in [0.4, 0.5) is 11.4 Å². The highest BCUT2D eigenvalue weighted by atomic mass is 16.3. The van der Waals surface area contributed by atoms with Gasteiger partial charge in [-0.05, 0) is 31.0 Å². The zero-order valence-electron chi connectivity index (χ0n) is 9.94. The van der Waals surface area contributed by atoms with Crippen LogP contribution in [0.2, 0.25) is 0 Å². The van der Waals surface area contributed by atoms with Crippen molar-refractivity contribution in [2.75, 3.05) is 17.7 Å². The molecule has 0 bridgehead atoms. The van der Waals surface area contributed by atoms with Gasteiger partial charge in [-0.2, -0.15) is 0 Å². The molecule has 0 aliphatic carbocycles. The molecule has 1 amide bonds. The number of nitrogen functional groups attached to an aromatic ring is 1. The standard InChI is InChI=1S/C12H19N3O2/c1-2-9(5-6-16)15-11-4-3-8(12(14)17)7-10(11)13/h3-4,7,9,15-16H,2,5-6,13H2,1H3,(H2,14,17). The molecule has 0 fully saturated rings. The topological polar surface area (TPSA) is 101 Å². The molecule has 1 aromatic rings. The van der Waals surface area contributed by atoms with Gasteiger partial charge in [0.1, 0.15) is 0 Å². The molecule has 5 nitrogen and oxygen atoms in total. The van der Waals surface area contributed by atoms with Gasteiger partial charge < -0.3 is 21.9 Å². The van der Waals surface area contributed by atoms with E-state index in [1.807, 2.05) is 6.92 Å². The molecule has 0 radical (unpaired) electrons. The van der Waals surface area contributed by atoms with E-state index in [2.05, 4.69) is 5.32 Å². The van der Waals surface area contributed by atoms with Gasteiger partial charge >= 0.3 is 0 Å². The molecule has 1 rings (SSSR count). The molecule has 1 atom stereocenters. The molecular formula is C12H19N3O2. The van der Waals surface area contributed by atoms with Crippen molar-refractivity contribution >= 4 is 17.3 Å². The molecule has 1 aromatic carbocycles. The first-order chi connectivity index (χ1) is 8.08. The number of rotatable bonds is 6. The minimum Gasteiger partial charge on any atom is -0.397 e. The van der Waals surface area contributed by atoms with Crippen LogP contribution >= 0.6 is 0 Å². The van der Waals surface area contributed by atoms with Crippen molar-refractivity contribution in [2.45, 2.75) is 25.8 Å². The highest BCUT2D eigenvalue weighted by Crippen LogP contribution is 2.21. The lowest BCUT2D eigenvalue weighted by Gasteiger charge is -2.18. The van der Waals surface area contributed by atoms with E-state index in [4.69, 9.17) is 16.6 Å². The van der Waals surface area contributed by atoms with Crippen molar-refractivity contribution in [3.63, 3.8) is 0 Å². The fourth-order valence-corrected chi connectivity index (χ4v) is 1.60. The Labute approximate surface area is 101 Å². The Kier molecular flexibility index (Phi) is 4.78. The summed E-state index contributed by atoms with van der Waals surface area (Å²) in [7, 11) is 0. The largest absolute Gasteiger partial charge is 0.397 e. The van der Waals surface area contributed by atoms with Crippen molar-refractivity contribution in [1.82, 2.24) is 0 Å². The van der Waals surface area contributed by atoms with Crippen LogP contribution in [0.1, 0.15) is 30.1 Å². The second-order valence-corrected chi connectivity index (χ2v) is 3.93. The average Bonchev–Trinajstić information content (AvgIpc) is 2.30. The summed E-state index contributed by atoms with van der Waals surface area (Å²) in [5.41, 5.74) is 12.6. The van der Waals surface area contributed by atoms with Crippen LogP contribution in [0, 0.1) is 0 Å². The van der Waals surface area contributed by atoms with E-state index in [0.717, 1.165) is 12.1 Å². The molecule has 0 saturated heterocycles. The van der Waals surface area contributed by atoms with Crippen molar-refractivity contribution in [1.29, 1.82) is 0 Å². The number of amides is 1. The predicted octanol–water partition coefficient (Wildman–Crippen LogP) is 0.941. The Balaban J connectivity index is 2.81. The Morgan fingerprint density at radius 2 is 2.24 bits per heavy atom. The Hall–Kier alpha value is -1.75. The van der Waals surface area contributed by atoms with E-state index >= 15 is 0 Å². The third kappa shape index (κ3) is 3.64. The number of carbonyl (C=O) groups excluding carboxylic acids is 1. The van der Waals surface area contributed by atoms with Crippen molar-refractivity contribution in [2.24, 2.45) is 5.73 Å². The summed E-state index contributed by atoms with van der Waals surface area (Å²) in [6, 6.07) is 5.08. The van der Waals surface area contributed by atoms with Crippen LogP contribution in [0.3, 0.4) is 0 Å². The second-order valence-electron chi connectivity index (χ2n) is 3.93. The molecule has 0 aromatic heterocycles. The maximum absolute atomic E-state index is 11.0. The lowest BCUT2D eigenvalue weighted by atomic mass is 10.1. The highest BCUT2D eigenvalue weighted by Gasteiger charge is 2.09. The van der Waals surface area contributed by atoms with Crippen molar-refractivity contribution in [3.05, 3.63) is 23.8 Å². The first kappa shape index (κ1) is 13.3. The maximum atomic E-state index is 11.0. The molecule has 5 heteroatoms. The monoisotopic (exact) mass is 237 g/mol. The fourth-order valence-electron chi connectivity index (χ4n) is 1.60. The number of primary amides is 1. The number of anilines is 2. The van der Waals surface area contributed by atoms with Gasteiger partial charge in [-0.3, -0.25) is 4.79 Å². The highest BCUT2D eigenvalue weighted by molar-refractivity contribution is 5.94. The number of carbonyl (C=O) groups is 1. The summed E-state index contributed by atoms with van der Waals surface area (Å²) in [6.45, 7) is 2.16. The number of nitrogens with two attached hydrogens (primary N) is 2. The van der Waals surface area contributed by atoms with Crippen LogP contribution in [-0.4, -0.2) is 23.7 Å². The van der Waals surface area contributed by atoms with Gasteiger partial charge in [0.15, 0.2) is 0 Å². The third-order valence-corrected chi connectivity index (χ3v) is 2.67. The number of benzene rings is 1. The van der Waals surface area contributed by atoms with E-state index in [-0.39, 0.29) is 12.6 Å².